The molecule has 0 aromatic carbocycles. The Morgan fingerprint density at radius 3 is 2.43 bits per heavy atom. The van der Waals surface area contributed by atoms with Crippen molar-refractivity contribution < 1.29 is 34.2 Å². The van der Waals surface area contributed by atoms with Gasteiger partial charge in [0.15, 0.2) is 0 Å². The third-order valence-electron chi connectivity index (χ3n) is 2.90. The standard InChI is InChI=1S/C13H25NO3S3.Zn/c1-20-9-7-11(13(16)17)14-12(15)5-3-2-4-10(19)6-8-18;/h10-11,18-19H,2-9H2,1H3,(H,14,15)(H,16,17);/q;+2/t10?,11-;/m0./s1. The van der Waals surface area contributed by atoms with Crippen molar-refractivity contribution in [3.8, 4) is 0 Å². The Hall–Kier alpha value is 0.613. The first-order chi connectivity index (χ1) is 9.51. The number of carbonyl (C=O) groups excluding carboxylic acids is 1. The minimum absolute atomic E-state index is 0. The van der Waals surface area contributed by atoms with E-state index in [0.717, 1.165) is 37.2 Å². The first-order valence-corrected chi connectivity index (χ1v) is 9.35. The van der Waals surface area contributed by atoms with Gasteiger partial charge in [-0.1, -0.05) is 6.42 Å². The molecule has 1 unspecified atom stereocenters. The van der Waals surface area contributed by atoms with Crippen molar-refractivity contribution in [1.29, 1.82) is 0 Å². The Morgan fingerprint density at radius 1 is 1.24 bits per heavy atom. The van der Waals surface area contributed by atoms with E-state index in [1.54, 1.807) is 11.8 Å². The Labute approximate surface area is 155 Å². The number of thiol groups is 2. The molecule has 0 saturated carbocycles. The maximum absolute atomic E-state index is 11.7. The minimum Gasteiger partial charge on any atom is -0.480 e. The van der Waals surface area contributed by atoms with Crippen LogP contribution in [-0.4, -0.2) is 46.0 Å². The van der Waals surface area contributed by atoms with E-state index in [4.69, 9.17) is 5.11 Å². The molecule has 2 atom stereocenters. The first kappa shape index (κ1) is 23.9. The summed E-state index contributed by atoms with van der Waals surface area (Å²) in [6, 6.07) is -0.767. The smallest absolute Gasteiger partial charge is 0.480 e. The molecular weight excluding hydrogens is 380 g/mol. The molecule has 21 heavy (non-hydrogen) atoms. The number of carboxylic acids is 1. The summed E-state index contributed by atoms with van der Waals surface area (Å²) < 4.78 is 0. The first-order valence-electron chi connectivity index (χ1n) is 6.81. The Morgan fingerprint density at radius 2 is 1.90 bits per heavy atom. The maximum atomic E-state index is 11.7. The summed E-state index contributed by atoms with van der Waals surface area (Å²) >= 11 is 10.2. The molecule has 0 aromatic heterocycles. The average molecular weight is 405 g/mol. The molecule has 8 heteroatoms. The van der Waals surface area contributed by atoms with Crippen LogP contribution in [0, 0.1) is 0 Å². The van der Waals surface area contributed by atoms with Gasteiger partial charge < -0.3 is 10.4 Å². The Bertz CT molecular complexity index is 296. The number of hydrogen-bond acceptors (Lipinski definition) is 5. The van der Waals surface area contributed by atoms with Gasteiger partial charge in [0.05, 0.1) is 0 Å². The van der Waals surface area contributed by atoms with E-state index in [1.807, 2.05) is 6.26 Å². The molecule has 0 bridgehead atoms. The fraction of sp³-hybridized carbons (Fsp3) is 0.846. The summed E-state index contributed by atoms with van der Waals surface area (Å²) in [5, 5.41) is 11.9. The third-order valence-corrected chi connectivity index (χ3v) is 4.32. The fourth-order valence-corrected chi connectivity index (χ4v) is 3.02. The molecule has 118 valence electrons. The maximum Gasteiger partial charge on any atom is 2.00 e. The zero-order chi connectivity index (χ0) is 15.4. The number of rotatable bonds is 12. The summed E-state index contributed by atoms with van der Waals surface area (Å²) in [4.78, 5) is 22.7. The molecule has 1 amide bonds. The SMILES string of the molecule is CSCC[C@H](NC(=O)CCCCC(S)CCS)C(=O)O.[Zn+2]. The minimum atomic E-state index is -0.961. The molecular formula is C13H25NO3S3Zn+2. The van der Waals surface area contributed by atoms with E-state index in [2.05, 4.69) is 30.6 Å². The van der Waals surface area contributed by atoms with Crippen molar-refractivity contribution >= 4 is 48.9 Å². The molecule has 2 N–H and O–H groups in total. The van der Waals surface area contributed by atoms with Gasteiger partial charge in [-0.15, -0.1) is 0 Å². The van der Waals surface area contributed by atoms with Crippen LogP contribution in [0.4, 0.5) is 0 Å². The number of thioether (sulfide) groups is 1. The van der Waals surface area contributed by atoms with Crippen LogP contribution in [0.3, 0.4) is 0 Å². The van der Waals surface area contributed by atoms with E-state index < -0.39 is 12.0 Å². The number of carboxylic acid groups (broad SMARTS) is 1. The van der Waals surface area contributed by atoms with Crippen LogP contribution in [0.5, 0.6) is 0 Å². The van der Waals surface area contributed by atoms with Gasteiger partial charge in [0, 0.05) is 11.7 Å². The van der Waals surface area contributed by atoms with E-state index >= 15 is 0 Å². The predicted molar refractivity (Wildman–Crippen MR) is 92.3 cm³/mol. The number of hydrogen-bond donors (Lipinski definition) is 4. The van der Waals surface area contributed by atoms with Crippen molar-refractivity contribution in [1.82, 2.24) is 5.32 Å². The normalized spacial score (nSPS) is 13.1. The van der Waals surface area contributed by atoms with Crippen molar-refractivity contribution in [2.75, 3.05) is 17.8 Å². The van der Waals surface area contributed by atoms with Crippen LogP contribution < -0.4 is 5.32 Å². The van der Waals surface area contributed by atoms with E-state index in [0.29, 0.717) is 18.1 Å². The van der Waals surface area contributed by atoms with E-state index in [-0.39, 0.29) is 25.4 Å². The average Bonchev–Trinajstić information content (AvgIpc) is 2.39. The largest absolute Gasteiger partial charge is 2.00 e. The third kappa shape index (κ3) is 14.0. The summed E-state index contributed by atoms with van der Waals surface area (Å²) in [7, 11) is 0. The van der Waals surface area contributed by atoms with Crippen LogP contribution in [0.15, 0.2) is 0 Å². The molecule has 0 aliphatic carbocycles. The summed E-state index contributed by atoms with van der Waals surface area (Å²) in [6.07, 6.45) is 6.38. The summed E-state index contributed by atoms with van der Waals surface area (Å²) in [5.41, 5.74) is 0. The number of carbonyl (C=O) groups is 2. The molecule has 0 aliphatic rings. The van der Waals surface area contributed by atoms with Gasteiger partial charge in [0.25, 0.3) is 0 Å². The van der Waals surface area contributed by atoms with Crippen molar-refractivity contribution in [3.63, 3.8) is 0 Å². The molecule has 0 radical (unpaired) electrons. The van der Waals surface area contributed by atoms with Gasteiger partial charge in [-0.05, 0) is 43.4 Å². The topological polar surface area (TPSA) is 66.4 Å². The van der Waals surface area contributed by atoms with Crippen molar-refractivity contribution in [3.05, 3.63) is 0 Å². The predicted octanol–water partition coefficient (Wildman–Crippen LogP) is 2.49. The Balaban J connectivity index is 0. The summed E-state index contributed by atoms with van der Waals surface area (Å²) in [5.74, 6) is 0.409. The zero-order valence-electron chi connectivity index (χ0n) is 12.6. The molecule has 0 aromatic rings. The molecule has 0 fully saturated rings. The number of nitrogens with one attached hydrogen (secondary N) is 1. The Kier molecular flexibility index (Phi) is 17.6. The second-order valence-corrected chi connectivity index (χ2v) is 6.81. The zero-order valence-corrected chi connectivity index (χ0v) is 18.2. The van der Waals surface area contributed by atoms with Crippen LogP contribution in [-0.2, 0) is 29.1 Å². The van der Waals surface area contributed by atoms with Crippen LogP contribution >= 0.6 is 37.0 Å². The molecule has 4 nitrogen and oxygen atoms in total. The van der Waals surface area contributed by atoms with Crippen LogP contribution in [0.25, 0.3) is 0 Å². The van der Waals surface area contributed by atoms with E-state index in [1.165, 1.54) is 0 Å². The van der Waals surface area contributed by atoms with Gasteiger partial charge in [0.1, 0.15) is 6.04 Å². The van der Waals surface area contributed by atoms with Gasteiger partial charge in [-0.25, -0.2) is 4.79 Å². The van der Waals surface area contributed by atoms with Gasteiger partial charge in [-0.2, -0.15) is 37.0 Å². The fourth-order valence-electron chi connectivity index (χ4n) is 1.72. The van der Waals surface area contributed by atoms with Gasteiger partial charge in [0.2, 0.25) is 5.91 Å². The van der Waals surface area contributed by atoms with Crippen LogP contribution in [0.1, 0.15) is 38.5 Å². The van der Waals surface area contributed by atoms with Crippen molar-refractivity contribution in [2.45, 2.75) is 49.8 Å². The summed E-state index contributed by atoms with van der Waals surface area (Å²) in [6.45, 7) is 0. The molecule has 0 aliphatic heterocycles. The number of amides is 1. The number of unbranched alkanes of at least 4 members (excludes halogenated alkanes) is 1. The molecule has 0 spiro atoms. The van der Waals surface area contributed by atoms with E-state index in [9.17, 15) is 9.59 Å². The quantitative estimate of drug-likeness (QED) is 0.229. The molecule has 0 heterocycles. The number of aliphatic carboxylic acids is 1. The van der Waals surface area contributed by atoms with Gasteiger partial charge >= 0.3 is 25.4 Å². The van der Waals surface area contributed by atoms with Crippen molar-refractivity contribution in [2.24, 2.45) is 0 Å². The monoisotopic (exact) mass is 403 g/mol. The molecule has 0 saturated heterocycles. The van der Waals surface area contributed by atoms with Gasteiger partial charge in [-0.3, -0.25) is 4.79 Å². The molecule has 0 rings (SSSR count). The second-order valence-electron chi connectivity index (χ2n) is 4.65. The van der Waals surface area contributed by atoms with Crippen LogP contribution in [0.2, 0.25) is 0 Å². The second kappa shape index (κ2) is 15.5.